The standard InChI is InChI=1S/C54H97NO3/c1-10-12-13-14-15-16-17-18-19-20-21-22-29-46(26-11-2)58-42-48(41-55(8)9)57-39-24-23-38-56-47-34-36-53(6)45(40-47)30-31-49-51-33-32-50(44(5)28-25-27-43(3)4)54(51,7)37-35-52(49)53/h15-16,18-19,30,43-44,46-52H,10-14,17,20-29,31-42H2,1-9H3/b16-15-,19-18-/t44-,46?,47+,48-,49+,50-,51+,52+,53+,54-/m1/s1. The van der Waals surface area contributed by atoms with Crippen LogP contribution in [0.3, 0.4) is 0 Å². The molecule has 4 aliphatic carbocycles. The van der Waals surface area contributed by atoms with Crippen molar-refractivity contribution >= 4 is 0 Å². The maximum atomic E-state index is 6.62. The quantitative estimate of drug-likeness (QED) is 0.0534. The highest BCUT2D eigenvalue weighted by atomic mass is 16.5. The van der Waals surface area contributed by atoms with Crippen LogP contribution in [0.2, 0.25) is 0 Å². The first-order chi connectivity index (χ1) is 28.0. The average Bonchev–Trinajstić information content (AvgIpc) is 3.55. The summed E-state index contributed by atoms with van der Waals surface area (Å²) in [5, 5.41) is 0. The first-order valence-electron chi connectivity index (χ1n) is 25.5. The minimum atomic E-state index is 0.122. The summed E-state index contributed by atoms with van der Waals surface area (Å²) in [5.74, 6) is 5.42. The van der Waals surface area contributed by atoms with E-state index in [1.807, 2.05) is 0 Å². The molecule has 0 saturated heterocycles. The maximum absolute atomic E-state index is 6.62. The second kappa shape index (κ2) is 26.5. The Labute approximate surface area is 361 Å². The smallest absolute Gasteiger partial charge is 0.0934 e. The van der Waals surface area contributed by atoms with E-state index in [4.69, 9.17) is 14.2 Å². The topological polar surface area (TPSA) is 30.9 Å². The molecule has 4 aliphatic rings. The molecule has 0 bridgehead atoms. The molecular formula is C54H97NO3. The van der Waals surface area contributed by atoms with Crippen LogP contribution in [0.15, 0.2) is 36.0 Å². The molecule has 0 spiro atoms. The van der Waals surface area contributed by atoms with E-state index in [1.54, 1.807) is 5.57 Å². The van der Waals surface area contributed by atoms with Crippen molar-refractivity contribution in [2.24, 2.45) is 46.3 Å². The van der Waals surface area contributed by atoms with Crippen molar-refractivity contribution in [1.82, 2.24) is 4.90 Å². The Morgan fingerprint density at radius 3 is 2.21 bits per heavy atom. The number of ether oxygens (including phenoxy) is 3. The zero-order valence-electron chi connectivity index (χ0n) is 40.1. The van der Waals surface area contributed by atoms with Gasteiger partial charge in [0.2, 0.25) is 0 Å². The van der Waals surface area contributed by atoms with E-state index in [-0.39, 0.29) is 6.10 Å². The van der Waals surface area contributed by atoms with Crippen molar-refractivity contribution < 1.29 is 14.2 Å². The minimum absolute atomic E-state index is 0.122. The zero-order chi connectivity index (χ0) is 41.8. The predicted octanol–water partition coefficient (Wildman–Crippen LogP) is 15.0. The molecule has 3 fully saturated rings. The van der Waals surface area contributed by atoms with E-state index in [0.717, 1.165) is 87.4 Å². The van der Waals surface area contributed by atoms with Gasteiger partial charge in [-0.05, 0) is 170 Å². The summed E-state index contributed by atoms with van der Waals surface area (Å²) < 4.78 is 19.6. The van der Waals surface area contributed by atoms with Gasteiger partial charge in [0, 0.05) is 19.8 Å². The average molecular weight is 808 g/mol. The SMILES string of the molecule is CCCCC/C=C\C/C=C\CCCCC(CCC)OC[C@@H](CN(C)C)OCCCCO[C@H]1CC[C@@]2(C)C(=CC[C@H]3[C@@H]4CC[C@H]([C@H](C)CCCC(C)C)[C@@]4(C)CC[C@@H]32)C1. The third-order valence-electron chi connectivity index (χ3n) is 15.9. The Bertz CT molecular complexity index is 1190. The predicted molar refractivity (Wildman–Crippen MR) is 250 cm³/mol. The van der Waals surface area contributed by atoms with E-state index < -0.39 is 0 Å². The van der Waals surface area contributed by atoms with Crippen molar-refractivity contribution in [3.8, 4) is 0 Å². The largest absolute Gasteiger partial charge is 0.378 e. The Hall–Kier alpha value is -0.940. The van der Waals surface area contributed by atoms with Gasteiger partial charge in [-0.25, -0.2) is 0 Å². The summed E-state index contributed by atoms with van der Waals surface area (Å²) >= 11 is 0. The van der Waals surface area contributed by atoms with E-state index in [1.165, 1.54) is 122 Å². The first-order valence-corrected chi connectivity index (χ1v) is 25.5. The highest BCUT2D eigenvalue weighted by molar-refractivity contribution is 5.25. The zero-order valence-corrected chi connectivity index (χ0v) is 40.1. The van der Waals surface area contributed by atoms with Gasteiger partial charge in [-0.3, -0.25) is 0 Å². The van der Waals surface area contributed by atoms with Crippen molar-refractivity contribution in [3.63, 3.8) is 0 Å². The molecule has 0 aromatic rings. The molecule has 0 radical (unpaired) electrons. The molecular weight excluding hydrogens is 711 g/mol. The monoisotopic (exact) mass is 808 g/mol. The number of nitrogens with zero attached hydrogens (tertiary/aromatic N) is 1. The third kappa shape index (κ3) is 15.4. The Balaban J connectivity index is 1.12. The number of allylic oxidation sites excluding steroid dienone is 5. The van der Waals surface area contributed by atoms with Gasteiger partial charge in [0.1, 0.15) is 0 Å². The molecule has 4 rings (SSSR count). The van der Waals surface area contributed by atoms with E-state index in [9.17, 15) is 0 Å². The third-order valence-corrected chi connectivity index (χ3v) is 15.9. The van der Waals surface area contributed by atoms with E-state index >= 15 is 0 Å². The van der Waals surface area contributed by atoms with Crippen LogP contribution in [0.5, 0.6) is 0 Å². The van der Waals surface area contributed by atoms with Crippen LogP contribution in [0, 0.1) is 46.3 Å². The Morgan fingerprint density at radius 1 is 0.724 bits per heavy atom. The Kier molecular flexibility index (Phi) is 22.7. The number of hydrogen-bond donors (Lipinski definition) is 0. The number of hydrogen-bond acceptors (Lipinski definition) is 4. The second-order valence-corrected chi connectivity index (χ2v) is 21.2. The molecule has 336 valence electrons. The van der Waals surface area contributed by atoms with Crippen LogP contribution >= 0.6 is 0 Å². The summed E-state index contributed by atoms with van der Waals surface area (Å²) in [5.41, 5.74) is 2.74. The van der Waals surface area contributed by atoms with Gasteiger partial charge in [0.25, 0.3) is 0 Å². The molecule has 4 nitrogen and oxygen atoms in total. The number of rotatable bonds is 30. The summed E-state index contributed by atoms with van der Waals surface area (Å²) in [6.45, 7) is 20.6. The van der Waals surface area contributed by atoms with Crippen molar-refractivity contribution in [2.75, 3.05) is 40.5 Å². The molecule has 0 heterocycles. The van der Waals surface area contributed by atoms with Crippen molar-refractivity contribution in [1.29, 1.82) is 0 Å². The lowest BCUT2D eigenvalue weighted by atomic mass is 9.47. The van der Waals surface area contributed by atoms with E-state index in [0.29, 0.717) is 29.6 Å². The lowest BCUT2D eigenvalue weighted by molar-refractivity contribution is -0.0663. The van der Waals surface area contributed by atoms with Crippen LogP contribution in [0.4, 0.5) is 0 Å². The molecule has 4 heteroatoms. The lowest BCUT2D eigenvalue weighted by Crippen LogP contribution is -2.51. The summed E-state index contributed by atoms with van der Waals surface area (Å²) in [7, 11) is 4.29. The normalized spacial score (nSPS) is 30.2. The van der Waals surface area contributed by atoms with Gasteiger partial charge in [-0.1, -0.05) is 129 Å². The highest BCUT2D eigenvalue weighted by Crippen LogP contribution is 2.67. The number of unbranched alkanes of at least 4 members (excludes halogenated alkanes) is 6. The van der Waals surface area contributed by atoms with Crippen LogP contribution in [-0.4, -0.2) is 63.7 Å². The fourth-order valence-corrected chi connectivity index (χ4v) is 12.6. The molecule has 0 aromatic carbocycles. The second-order valence-electron chi connectivity index (χ2n) is 21.2. The number of likely N-dealkylation sites (N-methyl/N-ethyl adjacent to an activating group) is 1. The summed E-state index contributed by atoms with van der Waals surface area (Å²) in [4.78, 5) is 2.24. The molecule has 0 aliphatic heterocycles. The summed E-state index contributed by atoms with van der Waals surface area (Å²) in [6.07, 6.45) is 43.8. The molecule has 0 N–H and O–H groups in total. The van der Waals surface area contributed by atoms with Crippen LogP contribution in [-0.2, 0) is 14.2 Å². The minimum Gasteiger partial charge on any atom is -0.378 e. The van der Waals surface area contributed by atoms with Gasteiger partial charge >= 0.3 is 0 Å². The molecule has 0 amide bonds. The van der Waals surface area contributed by atoms with Gasteiger partial charge in [-0.15, -0.1) is 0 Å². The van der Waals surface area contributed by atoms with Gasteiger partial charge in [0.15, 0.2) is 0 Å². The molecule has 1 unspecified atom stereocenters. The molecule has 58 heavy (non-hydrogen) atoms. The Morgan fingerprint density at radius 2 is 1.48 bits per heavy atom. The maximum Gasteiger partial charge on any atom is 0.0934 e. The van der Waals surface area contributed by atoms with Gasteiger partial charge in [0.05, 0.1) is 24.9 Å². The molecule has 3 saturated carbocycles. The highest BCUT2D eigenvalue weighted by Gasteiger charge is 2.59. The van der Waals surface area contributed by atoms with Gasteiger partial charge in [-0.2, -0.15) is 0 Å². The van der Waals surface area contributed by atoms with Crippen molar-refractivity contribution in [2.45, 2.75) is 221 Å². The molecule has 10 atom stereocenters. The van der Waals surface area contributed by atoms with Crippen LogP contribution < -0.4 is 0 Å². The fourth-order valence-electron chi connectivity index (χ4n) is 12.6. The van der Waals surface area contributed by atoms with Gasteiger partial charge < -0.3 is 19.1 Å². The van der Waals surface area contributed by atoms with Crippen molar-refractivity contribution in [3.05, 3.63) is 36.0 Å². The lowest BCUT2D eigenvalue weighted by Gasteiger charge is -2.58. The summed E-state index contributed by atoms with van der Waals surface area (Å²) in [6, 6.07) is 0. The van der Waals surface area contributed by atoms with Crippen LogP contribution in [0.25, 0.3) is 0 Å². The van der Waals surface area contributed by atoms with Crippen LogP contribution in [0.1, 0.15) is 203 Å². The first kappa shape index (κ1) is 49.7. The number of fused-ring (bicyclic) bond motifs is 5. The fraction of sp³-hybridized carbons (Fsp3) is 0.889. The van der Waals surface area contributed by atoms with E-state index in [2.05, 4.69) is 97.8 Å². The molecule has 0 aromatic heterocycles.